The van der Waals surface area contributed by atoms with Crippen LogP contribution in [0.3, 0.4) is 0 Å². The Hall–Kier alpha value is -1.88. The van der Waals surface area contributed by atoms with Crippen molar-refractivity contribution in [2.75, 3.05) is 7.11 Å². The molecule has 1 heterocycles. The lowest BCUT2D eigenvalue weighted by atomic mass is 10.1. The highest BCUT2D eigenvalue weighted by Gasteiger charge is 2.09. The number of halogens is 1. The minimum absolute atomic E-state index is 0.114. The predicted octanol–water partition coefficient (Wildman–Crippen LogP) is 3.09. The molecule has 1 amide bonds. The Morgan fingerprint density at radius 3 is 2.80 bits per heavy atom. The first-order valence-electron chi connectivity index (χ1n) is 6.13. The summed E-state index contributed by atoms with van der Waals surface area (Å²) in [6, 6.07) is 9.32. The van der Waals surface area contributed by atoms with Gasteiger partial charge in [0.25, 0.3) is 5.91 Å². The Balaban J connectivity index is 2.02. The van der Waals surface area contributed by atoms with Gasteiger partial charge < -0.3 is 10.1 Å². The molecule has 1 aromatic carbocycles. The van der Waals surface area contributed by atoms with Gasteiger partial charge >= 0.3 is 0 Å². The highest BCUT2D eigenvalue weighted by molar-refractivity contribution is 9.10. The molecule has 104 valence electrons. The van der Waals surface area contributed by atoms with Crippen LogP contribution in [0.5, 0.6) is 5.88 Å². The topological polar surface area (TPSA) is 51.2 Å². The summed E-state index contributed by atoms with van der Waals surface area (Å²) in [5.74, 6) is 0.442. The van der Waals surface area contributed by atoms with Gasteiger partial charge in [0, 0.05) is 23.3 Å². The standard InChI is InChI=1S/C15H15BrN2O2/c1-10-3-5-13(16)12(7-10)15(19)18-9-11-4-6-14(20-2)17-8-11/h3-8H,9H2,1-2H3,(H,18,19). The van der Waals surface area contributed by atoms with E-state index in [2.05, 4.69) is 26.2 Å². The minimum atomic E-state index is -0.114. The molecule has 1 aromatic heterocycles. The molecule has 5 heteroatoms. The van der Waals surface area contributed by atoms with E-state index in [4.69, 9.17) is 4.74 Å². The first kappa shape index (κ1) is 14.5. The first-order valence-corrected chi connectivity index (χ1v) is 6.92. The van der Waals surface area contributed by atoms with E-state index in [1.165, 1.54) is 0 Å². The van der Waals surface area contributed by atoms with E-state index >= 15 is 0 Å². The van der Waals surface area contributed by atoms with Crippen LogP contribution in [0.25, 0.3) is 0 Å². The predicted molar refractivity (Wildman–Crippen MR) is 80.8 cm³/mol. The summed E-state index contributed by atoms with van der Waals surface area (Å²) in [7, 11) is 1.57. The number of benzene rings is 1. The molecule has 0 saturated heterocycles. The smallest absolute Gasteiger partial charge is 0.252 e. The number of nitrogens with zero attached hydrogens (tertiary/aromatic N) is 1. The van der Waals surface area contributed by atoms with Crippen LogP contribution < -0.4 is 10.1 Å². The SMILES string of the molecule is COc1ccc(CNC(=O)c2cc(C)ccc2Br)cn1. The van der Waals surface area contributed by atoms with Gasteiger partial charge in [0.05, 0.1) is 12.7 Å². The van der Waals surface area contributed by atoms with Gasteiger partial charge in [-0.1, -0.05) is 17.7 Å². The van der Waals surface area contributed by atoms with Gasteiger partial charge in [0.1, 0.15) is 0 Å². The fourth-order valence-corrected chi connectivity index (χ4v) is 2.15. The number of rotatable bonds is 4. The van der Waals surface area contributed by atoms with Crippen molar-refractivity contribution in [1.82, 2.24) is 10.3 Å². The molecule has 0 radical (unpaired) electrons. The summed E-state index contributed by atoms with van der Waals surface area (Å²) >= 11 is 3.39. The maximum atomic E-state index is 12.1. The maximum absolute atomic E-state index is 12.1. The molecule has 0 atom stereocenters. The molecular weight excluding hydrogens is 320 g/mol. The van der Waals surface area contributed by atoms with Gasteiger partial charge in [-0.15, -0.1) is 0 Å². The number of aromatic nitrogens is 1. The first-order chi connectivity index (χ1) is 9.60. The number of methoxy groups -OCH3 is 1. The number of ether oxygens (including phenoxy) is 1. The molecule has 0 aliphatic carbocycles. The van der Waals surface area contributed by atoms with E-state index in [-0.39, 0.29) is 5.91 Å². The Kier molecular flexibility index (Phi) is 4.74. The molecule has 4 nitrogen and oxygen atoms in total. The molecule has 1 N–H and O–H groups in total. The number of amides is 1. The average molecular weight is 335 g/mol. The van der Waals surface area contributed by atoms with Crippen LogP contribution in [0.1, 0.15) is 21.5 Å². The molecule has 0 aliphatic rings. The lowest BCUT2D eigenvalue weighted by Gasteiger charge is -2.08. The third-order valence-corrected chi connectivity index (χ3v) is 3.52. The van der Waals surface area contributed by atoms with Crippen LogP contribution in [-0.2, 0) is 6.54 Å². The fraction of sp³-hybridized carbons (Fsp3) is 0.200. The number of nitrogens with one attached hydrogen (secondary N) is 1. The summed E-state index contributed by atoms with van der Waals surface area (Å²) in [6.07, 6.45) is 1.68. The van der Waals surface area contributed by atoms with Gasteiger partial charge in [-0.25, -0.2) is 4.98 Å². The summed E-state index contributed by atoms with van der Waals surface area (Å²) < 4.78 is 5.77. The van der Waals surface area contributed by atoms with Crippen LogP contribution in [0.15, 0.2) is 41.0 Å². The molecule has 0 unspecified atom stereocenters. The zero-order valence-corrected chi connectivity index (χ0v) is 12.9. The van der Waals surface area contributed by atoms with Crippen molar-refractivity contribution in [3.8, 4) is 5.88 Å². The summed E-state index contributed by atoms with van der Waals surface area (Å²) in [4.78, 5) is 16.2. The lowest BCUT2D eigenvalue weighted by molar-refractivity contribution is 0.0950. The summed E-state index contributed by atoms with van der Waals surface area (Å²) in [5, 5.41) is 2.87. The van der Waals surface area contributed by atoms with Crippen LogP contribution in [0, 0.1) is 6.92 Å². The van der Waals surface area contributed by atoms with Gasteiger partial charge in [0.2, 0.25) is 5.88 Å². The van der Waals surface area contributed by atoms with Gasteiger partial charge in [-0.3, -0.25) is 4.79 Å². The zero-order valence-electron chi connectivity index (χ0n) is 11.3. The lowest BCUT2D eigenvalue weighted by Crippen LogP contribution is -2.23. The third kappa shape index (κ3) is 3.57. The van der Waals surface area contributed by atoms with Crippen molar-refractivity contribution in [3.63, 3.8) is 0 Å². The number of pyridine rings is 1. The number of carbonyl (C=O) groups is 1. The highest BCUT2D eigenvalue weighted by Crippen LogP contribution is 2.18. The van der Waals surface area contributed by atoms with E-state index in [1.807, 2.05) is 31.2 Å². The third-order valence-electron chi connectivity index (χ3n) is 2.83. The van der Waals surface area contributed by atoms with Crippen LogP contribution in [-0.4, -0.2) is 18.0 Å². The van der Waals surface area contributed by atoms with Crippen LogP contribution in [0.2, 0.25) is 0 Å². The summed E-state index contributed by atoms with van der Waals surface area (Å²) in [5.41, 5.74) is 2.60. The van der Waals surface area contributed by atoms with E-state index < -0.39 is 0 Å². The van der Waals surface area contributed by atoms with Gasteiger partial charge in [-0.05, 0) is 40.5 Å². The number of carbonyl (C=O) groups excluding carboxylic acids is 1. The second kappa shape index (κ2) is 6.52. The molecule has 0 bridgehead atoms. The highest BCUT2D eigenvalue weighted by atomic mass is 79.9. The fourth-order valence-electron chi connectivity index (χ4n) is 1.73. The molecular formula is C15H15BrN2O2. The Labute approximate surface area is 126 Å². The molecule has 2 rings (SSSR count). The number of hydrogen-bond donors (Lipinski definition) is 1. The van der Waals surface area contributed by atoms with Crippen molar-refractivity contribution in [3.05, 3.63) is 57.7 Å². The van der Waals surface area contributed by atoms with Crippen molar-refractivity contribution >= 4 is 21.8 Å². The second-order valence-corrected chi connectivity index (χ2v) is 5.23. The molecule has 0 aliphatic heterocycles. The van der Waals surface area contributed by atoms with Crippen molar-refractivity contribution in [1.29, 1.82) is 0 Å². The van der Waals surface area contributed by atoms with Gasteiger partial charge in [-0.2, -0.15) is 0 Å². The quantitative estimate of drug-likeness (QED) is 0.934. The number of hydrogen-bond acceptors (Lipinski definition) is 3. The van der Waals surface area contributed by atoms with E-state index in [0.717, 1.165) is 15.6 Å². The van der Waals surface area contributed by atoms with Crippen molar-refractivity contribution < 1.29 is 9.53 Å². The average Bonchev–Trinajstić information content (AvgIpc) is 2.47. The van der Waals surface area contributed by atoms with Crippen molar-refractivity contribution in [2.45, 2.75) is 13.5 Å². The Morgan fingerprint density at radius 2 is 2.15 bits per heavy atom. The Bertz CT molecular complexity index is 612. The molecule has 0 saturated carbocycles. The van der Waals surface area contributed by atoms with Gasteiger partial charge in [0.15, 0.2) is 0 Å². The summed E-state index contributed by atoms with van der Waals surface area (Å²) in [6.45, 7) is 2.38. The van der Waals surface area contributed by atoms with Crippen molar-refractivity contribution in [2.24, 2.45) is 0 Å². The molecule has 0 spiro atoms. The maximum Gasteiger partial charge on any atom is 0.252 e. The van der Waals surface area contributed by atoms with Crippen LogP contribution in [0.4, 0.5) is 0 Å². The Morgan fingerprint density at radius 1 is 1.35 bits per heavy atom. The largest absolute Gasteiger partial charge is 0.481 e. The molecule has 0 fully saturated rings. The minimum Gasteiger partial charge on any atom is -0.481 e. The number of aryl methyl sites for hydroxylation is 1. The van der Waals surface area contributed by atoms with Crippen LogP contribution >= 0.6 is 15.9 Å². The van der Waals surface area contributed by atoms with E-state index in [0.29, 0.717) is 18.0 Å². The second-order valence-electron chi connectivity index (χ2n) is 4.37. The normalized spacial score (nSPS) is 10.2. The monoisotopic (exact) mass is 334 g/mol. The zero-order chi connectivity index (χ0) is 14.5. The van der Waals surface area contributed by atoms with E-state index in [1.54, 1.807) is 19.4 Å². The van der Waals surface area contributed by atoms with E-state index in [9.17, 15) is 4.79 Å². The molecule has 2 aromatic rings. The molecule has 20 heavy (non-hydrogen) atoms.